The van der Waals surface area contributed by atoms with E-state index in [1.807, 2.05) is 60.1 Å². The number of rotatable bonds is 13. The van der Waals surface area contributed by atoms with Gasteiger partial charge in [-0.1, -0.05) is 53.5 Å². The second-order valence-electron chi connectivity index (χ2n) is 11.7. The van der Waals surface area contributed by atoms with Crippen LogP contribution in [0.5, 0.6) is 5.75 Å². The fourth-order valence-corrected chi connectivity index (χ4v) is 6.71. The SMILES string of the molecule is COCCNCc1cn(C)c2nc(-c3cccc(-c4ccnc(-c5ccc(CNC[C@@H]6CCC(=O)N6)c(OC)c5)c4Cl)c3Cl)ccc12. The van der Waals surface area contributed by atoms with Crippen molar-refractivity contribution in [1.82, 2.24) is 30.5 Å². The Bertz CT molecular complexity index is 1910. The summed E-state index contributed by atoms with van der Waals surface area (Å²) in [6, 6.07) is 18.0. The van der Waals surface area contributed by atoms with Crippen LogP contribution in [0.1, 0.15) is 24.0 Å². The summed E-state index contributed by atoms with van der Waals surface area (Å²) in [4.78, 5) is 21.2. The average molecular weight is 674 g/mol. The monoisotopic (exact) mass is 672 g/mol. The van der Waals surface area contributed by atoms with Crippen LogP contribution in [0.3, 0.4) is 0 Å². The largest absolute Gasteiger partial charge is 0.496 e. The molecule has 3 N–H and O–H groups in total. The first-order valence-corrected chi connectivity index (χ1v) is 16.4. The smallest absolute Gasteiger partial charge is 0.220 e. The highest BCUT2D eigenvalue weighted by atomic mass is 35.5. The second kappa shape index (κ2) is 14.8. The lowest BCUT2D eigenvalue weighted by Gasteiger charge is -2.16. The molecule has 9 nitrogen and oxygen atoms in total. The molecule has 1 aliphatic rings. The van der Waals surface area contributed by atoms with Gasteiger partial charge in [-0.25, -0.2) is 4.98 Å². The molecule has 1 saturated heterocycles. The van der Waals surface area contributed by atoms with Crippen LogP contribution in [-0.2, 0) is 29.7 Å². The molecule has 5 aromatic rings. The highest BCUT2D eigenvalue weighted by Crippen LogP contribution is 2.42. The zero-order valence-corrected chi connectivity index (χ0v) is 28.2. The summed E-state index contributed by atoms with van der Waals surface area (Å²) in [7, 11) is 5.35. The number of fused-ring (bicyclic) bond motifs is 1. The van der Waals surface area contributed by atoms with Crippen molar-refractivity contribution < 1.29 is 14.3 Å². The van der Waals surface area contributed by atoms with Crippen molar-refractivity contribution in [2.24, 2.45) is 7.05 Å². The minimum atomic E-state index is 0.111. The number of hydrogen-bond donors (Lipinski definition) is 3. The molecule has 0 radical (unpaired) electrons. The van der Waals surface area contributed by atoms with Crippen LogP contribution in [0.25, 0.3) is 44.7 Å². The van der Waals surface area contributed by atoms with Crippen LogP contribution in [0.4, 0.5) is 0 Å². The number of amides is 1. The standard InChI is InChI=1S/C36H38Cl2N6O3/c1-44-21-24(19-39-15-16-46-2)26-10-11-30(43-36(26)44)29-6-4-5-27(33(29)37)28-13-14-41-35(34(28)38)22-7-8-23(31(17-22)47-3)18-40-20-25-9-12-32(45)42-25/h4-8,10-11,13-14,17,21,25,39-40H,9,12,15-16,18-20H2,1-3H3,(H,42,45)/t25-/m0/s1. The van der Waals surface area contributed by atoms with Gasteiger partial charge in [0.15, 0.2) is 0 Å². The second-order valence-corrected chi connectivity index (χ2v) is 12.4. The van der Waals surface area contributed by atoms with Gasteiger partial charge in [-0.3, -0.25) is 9.78 Å². The fraction of sp³-hybridized carbons (Fsp3) is 0.306. The lowest BCUT2D eigenvalue weighted by atomic mass is 9.99. The number of nitrogens with one attached hydrogen (secondary N) is 3. The van der Waals surface area contributed by atoms with Gasteiger partial charge in [0.25, 0.3) is 0 Å². The number of benzene rings is 2. The number of carbonyl (C=O) groups excluding carboxylic acids is 1. The van der Waals surface area contributed by atoms with Gasteiger partial charge >= 0.3 is 0 Å². The molecular formula is C36H38Cl2N6O3. The van der Waals surface area contributed by atoms with E-state index >= 15 is 0 Å². The van der Waals surface area contributed by atoms with Crippen molar-refractivity contribution in [3.05, 3.63) is 88.2 Å². The molecule has 0 bridgehead atoms. The molecule has 1 fully saturated rings. The van der Waals surface area contributed by atoms with Crippen LogP contribution in [0.2, 0.25) is 10.0 Å². The number of aryl methyl sites for hydroxylation is 1. The zero-order valence-electron chi connectivity index (χ0n) is 26.7. The first-order chi connectivity index (χ1) is 22.9. The molecular weight excluding hydrogens is 635 g/mol. The predicted octanol–water partition coefficient (Wildman–Crippen LogP) is 6.39. The number of methoxy groups -OCH3 is 2. The Hall–Kier alpha value is -3.99. The number of carbonyl (C=O) groups is 1. The molecule has 6 rings (SSSR count). The Labute approximate surface area is 284 Å². The summed E-state index contributed by atoms with van der Waals surface area (Å²) in [5.41, 5.74) is 7.68. The number of halogens is 2. The molecule has 4 heterocycles. The fourth-order valence-electron chi connectivity index (χ4n) is 6.06. The normalized spacial score (nSPS) is 14.6. The molecule has 1 aliphatic heterocycles. The van der Waals surface area contributed by atoms with Crippen molar-refractivity contribution in [3.8, 4) is 39.4 Å². The van der Waals surface area contributed by atoms with E-state index in [-0.39, 0.29) is 11.9 Å². The molecule has 0 unspecified atom stereocenters. The number of hydrogen-bond acceptors (Lipinski definition) is 7. The summed E-state index contributed by atoms with van der Waals surface area (Å²) < 4.78 is 12.9. The molecule has 11 heteroatoms. The Morgan fingerprint density at radius 3 is 2.57 bits per heavy atom. The van der Waals surface area contributed by atoms with Crippen LogP contribution >= 0.6 is 23.2 Å². The Morgan fingerprint density at radius 2 is 1.79 bits per heavy atom. The molecule has 244 valence electrons. The average Bonchev–Trinajstić information content (AvgIpc) is 3.64. The van der Waals surface area contributed by atoms with Gasteiger partial charge in [-0.2, -0.15) is 0 Å². The number of ether oxygens (including phenoxy) is 2. The molecule has 3 aromatic heterocycles. The van der Waals surface area contributed by atoms with E-state index in [4.69, 9.17) is 37.7 Å². The number of aromatic nitrogens is 3. The number of nitrogens with zero attached hydrogens (tertiary/aromatic N) is 3. The third kappa shape index (κ3) is 7.15. The van der Waals surface area contributed by atoms with Crippen LogP contribution in [-0.4, -0.2) is 60.4 Å². The maximum Gasteiger partial charge on any atom is 0.220 e. The molecule has 47 heavy (non-hydrogen) atoms. The summed E-state index contributed by atoms with van der Waals surface area (Å²) >= 11 is 14.2. The van der Waals surface area contributed by atoms with Gasteiger partial charge in [-0.05, 0) is 36.2 Å². The van der Waals surface area contributed by atoms with E-state index in [1.165, 1.54) is 5.56 Å². The van der Waals surface area contributed by atoms with Gasteiger partial charge in [0.05, 0.1) is 35.1 Å². The van der Waals surface area contributed by atoms with E-state index < -0.39 is 0 Å². The predicted molar refractivity (Wildman–Crippen MR) is 188 cm³/mol. The maximum absolute atomic E-state index is 11.5. The van der Waals surface area contributed by atoms with E-state index in [0.717, 1.165) is 69.8 Å². The van der Waals surface area contributed by atoms with Crippen molar-refractivity contribution >= 4 is 40.1 Å². The maximum atomic E-state index is 11.5. The lowest BCUT2D eigenvalue weighted by Crippen LogP contribution is -2.35. The van der Waals surface area contributed by atoms with E-state index in [2.05, 4.69) is 33.2 Å². The summed E-state index contributed by atoms with van der Waals surface area (Å²) in [6.07, 6.45) is 5.28. The Kier molecular flexibility index (Phi) is 10.4. The van der Waals surface area contributed by atoms with Crippen LogP contribution in [0, 0.1) is 0 Å². The van der Waals surface area contributed by atoms with Crippen LogP contribution < -0.4 is 20.7 Å². The minimum absolute atomic E-state index is 0.111. The van der Waals surface area contributed by atoms with Crippen LogP contribution in [0.15, 0.2) is 67.0 Å². The Morgan fingerprint density at radius 1 is 0.979 bits per heavy atom. The minimum Gasteiger partial charge on any atom is -0.496 e. The van der Waals surface area contributed by atoms with Crippen molar-refractivity contribution in [2.45, 2.75) is 32.0 Å². The highest BCUT2D eigenvalue weighted by molar-refractivity contribution is 6.39. The van der Waals surface area contributed by atoms with Crippen molar-refractivity contribution in [2.75, 3.05) is 33.9 Å². The first kappa shape index (κ1) is 32.9. The Balaban J connectivity index is 1.25. The third-order valence-electron chi connectivity index (χ3n) is 8.51. The molecule has 1 amide bonds. The first-order valence-electron chi connectivity index (χ1n) is 15.6. The van der Waals surface area contributed by atoms with Gasteiger partial charge in [0.2, 0.25) is 5.91 Å². The topological polar surface area (TPSA) is 102 Å². The van der Waals surface area contributed by atoms with E-state index in [9.17, 15) is 4.79 Å². The molecule has 1 atom stereocenters. The lowest BCUT2D eigenvalue weighted by molar-refractivity contribution is -0.119. The van der Waals surface area contributed by atoms with Gasteiger partial charge < -0.3 is 30.0 Å². The van der Waals surface area contributed by atoms with Gasteiger partial charge in [0.1, 0.15) is 11.4 Å². The molecule has 2 aromatic carbocycles. The third-order valence-corrected chi connectivity index (χ3v) is 9.30. The van der Waals surface area contributed by atoms with E-state index in [0.29, 0.717) is 41.9 Å². The summed E-state index contributed by atoms with van der Waals surface area (Å²) in [6.45, 7) is 3.48. The summed E-state index contributed by atoms with van der Waals surface area (Å²) in [5.74, 6) is 0.838. The molecule has 0 aliphatic carbocycles. The van der Waals surface area contributed by atoms with E-state index in [1.54, 1.807) is 20.4 Å². The van der Waals surface area contributed by atoms with Crippen molar-refractivity contribution in [3.63, 3.8) is 0 Å². The quantitative estimate of drug-likeness (QED) is 0.125. The highest BCUT2D eigenvalue weighted by Gasteiger charge is 2.21. The zero-order chi connectivity index (χ0) is 32.9. The molecule has 0 spiro atoms. The molecule has 0 saturated carbocycles. The summed E-state index contributed by atoms with van der Waals surface area (Å²) in [5, 5.41) is 12.0. The van der Waals surface area contributed by atoms with Gasteiger partial charge in [-0.15, -0.1) is 0 Å². The number of pyridine rings is 2. The van der Waals surface area contributed by atoms with Crippen molar-refractivity contribution in [1.29, 1.82) is 0 Å². The van der Waals surface area contributed by atoms with Gasteiger partial charge in [0, 0.05) is 98.4 Å².